The van der Waals surface area contributed by atoms with Gasteiger partial charge in [-0.1, -0.05) is 6.92 Å². The molecule has 0 aromatic rings. The van der Waals surface area contributed by atoms with Gasteiger partial charge >= 0.3 is 11.9 Å². The summed E-state index contributed by atoms with van der Waals surface area (Å²) in [6.07, 6.45) is 0.685. The van der Waals surface area contributed by atoms with Crippen molar-refractivity contribution >= 4 is 22.7 Å². The third-order valence-electron chi connectivity index (χ3n) is 1.44. The fourth-order valence-corrected chi connectivity index (χ4v) is 1.45. The van der Waals surface area contributed by atoms with Gasteiger partial charge in [-0.25, -0.2) is 0 Å². The highest BCUT2D eigenvalue weighted by Gasteiger charge is 2.22. The minimum atomic E-state index is -1.70. The van der Waals surface area contributed by atoms with Gasteiger partial charge in [0.25, 0.3) is 0 Å². The lowest BCUT2D eigenvalue weighted by atomic mass is 10.5. The van der Waals surface area contributed by atoms with Crippen molar-refractivity contribution in [1.29, 1.82) is 0 Å². The van der Waals surface area contributed by atoms with Crippen molar-refractivity contribution in [3.8, 4) is 0 Å². The van der Waals surface area contributed by atoms with Crippen molar-refractivity contribution in [3.05, 3.63) is 0 Å². The van der Waals surface area contributed by atoms with E-state index >= 15 is 0 Å². The van der Waals surface area contributed by atoms with Gasteiger partial charge in [-0.3, -0.25) is 13.8 Å². The summed E-state index contributed by atoms with van der Waals surface area (Å²) in [7, 11) is -1.70. The van der Waals surface area contributed by atoms with Crippen LogP contribution in [0.5, 0.6) is 0 Å². The van der Waals surface area contributed by atoms with E-state index in [-0.39, 0.29) is 6.61 Å². The summed E-state index contributed by atoms with van der Waals surface area (Å²) in [6.45, 7) is 3.51. The van der Waals surface area contributed by atoms with E-state index < -0.39 is 33.7 Å². The number of hydrogen-bond donors (Lipinski definition) is 1. The number of carboxylic acids is 1. The van der Waals surface area contributed by atoms with Gasteiger partial charge in [-0.2, -0.15) is 0 Å². The van der Waals surface area contributed by atoms with Crippen LogP contribution in [-0.2, 0) is 25.1 Å². The number of rotatable bonds is 6. The van der Waals surface area contributed by atoms with Crippen LogP contribution in [0.4, 0.5) is 0 Å². The molecule has 0 aromatic heterocycles. The molecule has 14 heavy (non-hydrogen) atoms. The van der Waals surface area contributed by atoms with Gasteiger partial charge in [0.15, 0.2) is 0 Å². The number of carbonyl (C=O) groups is 2. The summed E-state index contributed by atoms with van der Waals surface area (Å²) < 4.78 is 15.9. The van der Waals surface area contributed by atoms with Gasteiger partial charge < -0.3 is 9.84 Å². The van der Waals surface area contributed by atoms with Gasteiger partial charge in [0.1, 0.15) is 11.0 Å². The van der Waals surface area contributed by atoms with Crippen molar-refractivity contribution in [2.24, 2.45) is 0 Å². The molecule has 5 nitrogen and oxygen atoms in total. The lowest BCUT2D eigenvalue weighted by molar-refractivity contribution is -0.142. The van der Waals surface area contributed by atoms with Gasteiger partial charge in [0.05, 0.1) is 6.61 Å². The molecular formula is C8H14O5S. The highest BCUT2D eigenvalue weighted by Crippen LogP contribution is 2.00. The second-order valence-corrected chi connectivity index (χ2v) is 4.49. The van der Waals surface area contributed by atoms with Crippen molar-refractivity contribution in [2.75, 3.05) is 12.4 Å². The smallest absolute Gasteiger partial charge is 0.321 e. The van der Waals surface area contributed by atoms with Gasteiger partial charge in [-0.05, 0) is 13.3 Å². The Labute approximate surface area is 84.9 Å². The van der Waals surface area contributed by atoms with Crippen LogP contribution in [0, 0.1) is 0 Å². The molecule has 2 atom stereocenters. The zero-order chi connectivity index (χ0) is 11.1. The first-order valence-corrected chi connectivity index (χ1v) is 5.62. The van der Waals surface area contributed by atoms with Crippen molar-refractivity contribution < 1.29 is 23.6 Å². The minimum absolute atomic E-state index is 0.271. The molecule has 0 aliphatic rings. The van der Waals surface area contributed by atoms with Crippen molar-refractivity contribution in [3.63, 3.8) is 0 Å². The molecular weight excluding hydrogens is 208 g/mol. The van der Waals surface area contributed by atoms with E-state index in [1.54, 1.807) is 0 Å². The summed E-state index contributed by atoms with van der Waals surface area (Å²) in [5, 5.41) is 7.47. The molecule has 0 aliphatic heterocycles. The third kappa shape index (κ3) is 4.96. The van der Waals surface area contributed by atoms with Crippen LogP contribution in [-0.4, -0.2) is 38.9 Å². The van der Waals surface area contributed by atoms with Crippen LogP contribution in [0.15, 0.2) is 0 Å². The van der Waals surface area contributed by atoms with Crippen LogP contribution in [0.25, 0.3) is 0 Å². The van der Waals surface area contributed by atoms with E-state index in [9.17, 15) is 13.8 Å². The van der Waals surface area contributed by atoms with Crippen LogP contribution >= 0.6 is 0 Å². The Morgan fingerprint density at radius 1 is 1.50 bits per heavy atom. The van der Waals surface area contributed by atoms with Crippen LogP contribution in [0.2, 0.25) is 0 Å². The average molecular weight is 222 g/mol. The predicted octanol–water partition coefficient (Wildman–Crippen LogP) is 0.161. The van der Waals surface area contributed by atoms with E-state index in [1.807, 2.05) is 6.92 Å². The Balaban J connectivity index is 4.04. The lowest BCUT2D eigenvalue weighted by Crippen LogP contribution is -2.29. The zero-order valence-corrected chi connectivity index (χ0v) is 9.00. The first-order chi connectivity index (χ1) is 6.49. The minimum Gasteiger partial charge on any atom is -0.481 e. The number of hydrogen-bond acceptors (Lipinski definition) is 4. The molecule has 0 aromatic carbocycles. The van der Waals surface area contributed by atoms with E-state index in [4.69, 9.17) is 9.84 Å². The Morgan fingerprint density at radius 3 is 2.50 bits per heavy atom. The van der Waals surface area contributed by atoms with Gasteiger partial charge in [0, 0.05) is 10.8 Å². The Bertz CT molecular complexity index is 238. The molecule has 0 radical (unpaired) electrons. The Morgan fingerprint density at radius 2 is 2.07 bits per heavy atom. The summed E-state index contributed by atoms with van der Waals surface area (Å²) in [4.78, 5) is 21.3. The van der Waals surface area contributed by atoms with Crippen LogP contribution in [0.1, 0.15) is 20.3 Å². The molecule has 0 fully saturated rings. The van der Waals surface area contributed by atoms with Gasteiger partial charge in [0.2, 0.25) is 0 Å². The van der Waals surface area contributed by atoms with Crippen molar-refractivity contribution in [2.45, 2.75) is 25.5 Å². The first-order valence-electron chi connectivity index (χ1n) is 4.24. The number of aliphatic carboxylic acids is 1. The first kappa shape index (κ1) is 13.1. The molecule has 0 heterocycles. The second kappa shape index (κ2) is 6.53. The summed E-state index contributed by atoms with van der Waals surface area (Å²) in [5.74, 6) is -2.31. The maximum absolute atomic E-state index is 11.2. The van der Waals surface area contributed by atoms with Crippen LogP contribution < -0.4 is 0 Å². The molecule has 0 saturated carbocycles. The standard InChI is InChI=1S/C8H14O5S/c1-3-4-13-8(11)6(2)14(12)5-7(9)10/h6H,3-5H2,1-2H3,(H,9,10). The SMILES string of the molecule is CCCOC(=O)C(C)S(=O)CC(=O)O. The molecule has 0 saturated heterocycles. The topological polar surface area (TPSA) is 80.7 Å². The highest BCUT2D eigenvalue weighted by atomic mass is 32.2. The van der Waals surface area contributed by atoms with Crippen molar-refractivity contribution in [1.82, 2.24) is 0 Å². The second-order valence-electron chi connectivity index (χ2n) is 2.73. The zero-order valence-electron chi connectivity index (χ0n) is 8.19. The average Bonchev–Trinajstić information content (AvgIpc) is 2.11. The largest absolute Gasteiger partial charge is 0.481 e. The number of carboxylic acid groups (broad SMARTS) is 1. The quantitative estimate of drug-likeness (QED) is 0.647. The maximum atomic E-state index is 11.2. The van der Waals surface area contributed by atoms with Gasteiger partial charge in [-0.15, -0.1) is 0 Å². The highest BCUT2D eigenvalue weighted by molar-refractivity contribution is 7.87. The number of esters is 1. The molecule has 0 amide bonds. The molecule has 0 bridgehead atoms. The van der Waals surface area contributed by atoms with E-state index in [0.717, 1.165) is 0 Å². The van der Waals surface area contributed by atoms with E-state index in [1.165, 1.54) is 6.92 Å². The summed E-state index contributed by atoms with van der Waals surface area (Å²) in [5.41, 5.74) is 0. The Hall–Kier alpha value is -0.910. The molecule has 2 unspecified atom stereocenters. The summed E-state index contributed by atoms with van der Waals surface area (Å²) >= 11 is 0. The van der Waals surface area contributed by atoms with E-state index in [0.29, 0.717) is 6.42 Å². The number of carbonyl (C=O) groups excluding carboxylic acids is 1. The third-order valence-corrected chi connectivity index (χ3v) is 2.95. The Kier molecular flexibility index (Phi) is 6.11. The lowest BCUT2D eigenvalue weighted by Gasteiger charge is -2.09. The number of ether oxygens (including phenoxy) is 1. The molecule has 0 spiro atoms. The fraction of sp³-hybridized carbons (Fsp3) is 0.750. The molecule has 1 N–H and O–H groups in total. The molecule has 0 aliphatic carbocycles. The monoisotopic (exact) mass is 222 g/mol. The maximum Gasteiger partial charge on any atom is 0.321 e. The van der Waals surface area contributed by atoms with Crippen LogP contribution in [0.3, 0.4) is 0 Å². The van der Waals surface area contributed by atoms with E-state index in [2.05, 4.69) is 0 Å². The summed E-state index contributed by atoms with van der Waals surface area (Å²) in [6, 6.07) is 0. The fourth-order valence-electron chi connectivity index (χ4n) is 0.674. The molecule has 82 valence electrons. The normalized spacial score (nSPS) is 14.4. The predicted molar refractivity (Wildman–Crippen MR) is 51.4 cm³/mol. The molecule has 0 rings (SSSR count). The molecule has 6 heteroatoms.